The molecule has 1 fully saturated rings. The lowest BCUT2D eigenvalue weighted by Gasteiger charge is -2.25. The highest BCUT2D eigenvalue weighted by molar-refractivity contribution is 9.10. The number of fused-ring (bicyclic) bond motifs is 1. The summed E-state index contributed by atoms with van der Waals surface area (Å²) in [7, 11) is 0. The van der Waals surface area contributed by atoms with E-state index in [0.29, 0.717) is 21.2 Å². The van der Waals surface area contributed by atoms with Crippen molar-refractivity contribution >= 4 is 74.3 Å². The lowest BCUT2D eigenvalue weighted by atomic mass is 10.2. The van der Waals surface area contributed by atoms with Crippen LogP contribution in [0.2, 0.25) is 0 Å². The normalized spacial score (nSPS) is 15.7. The first-order valence-corrected chi connectivity index (χ1v) is 13.9. The van der Waals surface area contributed by atoms with Gasteiger partial charge in [-0.05, 0) is 55.8 Å². The molecule has 1 saturated heterocycles. The molecule has 4 unspecified atom stereocenters. The first kappa shape index (κ1) is 33.0. The Kier molecular flexibility index (Phi) is 10.9. The zero-order valence-corrected chi connectivity index (χ0v) is 25.8. The van der Waals surface area contributed by atoms with Crippen LogP contribution in [-0.2, 0) is 47.7 Å². The van der Waals surface area contributed by atoms with Crippen LogP contribution in [0.5, 0.6) is 0 Å². The van der Waals surface area contributed by atoms with E-state index >= 15 is 0 Å². The molecule has 3 rings (SSSR count). The van der Waals surface area contributed by atoms with Gasteiger partial charge in [0.05, 0.1) is 11.2 Å². The van der Waals surface area contributed by atoms with E-state index in [0.717, 1.165) is 23.6 Å². The number of ether oxygens (including phenoxy) is 4. The number of guanidine groups is 1. The Morgan fingerprint density at radius 2 is 1.21 bits per heavy atom. The van der Waals surface area contributed by atoms with Crippen LogP contribution in [0, 0.1) is 0 Å². The molecular formula is C27H30BrN5O10. The number of benzene rings is 1. The predicted molar refractivity (Wildman–Crippen MR) is 151 cm³/mol. The first-order valence-electron chi connectivity index (χ1n) is 13.1. The highest BCUT2D eigenvalue weighted by Gasteiger charge is 2.40. The summed E-state index contributed by atoms with van der Waals surface area (Å²) in [5.74, 6) is -4.85. The Morgan fingerprint density at radius 1 is 0.744 bits per heavy atom. The van der Waals surface area contributed by atoms with Crippen molar-refractivity contribution in [2.45, 2.75) is 66.0 Å². The molecule has 2 aromatic rings. The number of aromatic nitrogens is 2. The molecule has 4 atom stereocenters. The maximum absolute atomic E-state index is 13.5. The molecule has 1 aliphatic heterocycles. The van der Waals surface area contributed by atoms with E-state index in [-0.39, 0.29) is 19.0 Å². The number of aliphatic imine (C=N–C) groups is 1. The van der Waals surface area contributed by atoms with Gasteiger partial charge in [-0.2, -0.15) is 0 Å². The van der Waals surface area contributed by atoms with Gasteiger partial charge in [-0.1, -0.05) is 0 Å². The van der Waals surface area contributed by atoms with E-state index in [9.17, 15) is 28.8 Å². The molecule has 0 N–H and O–H groups in total. The highest BCUT2D eigenvalue weighted by atomic mass is 79.9. The fourth-order valence-corrected chi connectivity index (χ4v) is 4.50. The zero-order valence-electron chi connectivity index (χ0n) is 24.2. The summed E-state index contributed by atoms with van der Waals surface area (Å²) in [6.45, 7) is 7.43. The average Bonchev–Trinajstić information content (AvgIpc) is 3.34. The van der Waals surface area contributed by atoms with Gasteiger partial charge in [-0.15, -0.1) is 0 Å². The van der Waals surface area contributed by atoms with Gasteiger partial charge in [0.25, 0.3) is 11.8 Å². The second-order valence-corrected chi connectivity index (χ2v) is 10.3. The summed E-state index contributed by atoms with van der Waals surface area (Å²) >= 11 is 3.43. The van der Waals surface area contributed by atoms with Crippen molar-refractivity contribution in [2.24, 2.45) is 4.99 Å². The van der Waals surface area contributed by atoms with E-state index in [1.165, 1.54) is 40.1 Å². The van der Waals surface area contributed by atoms with Crippen LogP contribution in [0.1, 0.15) is 41.5 Å². The SMILES string of the molecule is CC(=O)OC(C)C(=O)OC(C)C(=O)N1CCN(C(=O)C(C)OC(=O)C(C)OC(C)=O)C1=Nc1cc(Br)c2nccnc2c1. The second-order valence-electron chi connectivity index (χ2n) is 9.40. The minimum atomic E-state index is -1.35. The molecule has 230 valence electrons. The largest absolute Gasteiger partial charge is 0.451 e. The molecule has 0 bridgehead atoms. The number of amides is 2. The Hall–Kier alpha value is -4.47. The summed E-state index contributed by atoms with van der Waals surface area (Å²) in [5, 5.41) is 0. The Balaban J connectivity index is 1.93. The average molecular weight is 664 g/mol. The van der Waals surface area contributed by atoms with Crippen molar-refractivity contribution in [1.82, 2.24) is 19.8 Å². The van der Waals surface area contributed by atoms with Gasteiger partial charge in [0, 0.05) is 43.8 Å². The number of esters is 4. The minimum absolute atomic E-state index is 0.0378. The van der Waals surface area contributed by atoms with Crippen LogP contribution in [0.4, 0.5) is 5.69 Å². The van der Waals surface area contributed by atoms with Gasteiger partial charge < -0.3 is 18.9 Å². The van der Waals surface area contributed by atoms with Gasteiger partial charge in [0.15, 0.2) is 24.4 Å². The van der Waals surface area contributed by atoms with Crippen molar-refractivity contribution in [3.63, 3.8) is 0 Å². The number of halogens is 1. The van der Waals surface area contributed by atoms with Gasteiger partial charge in [0.2, 0.25) is 5.96 Å². The molecule has 0 spiro atoms. The van der Waals surface area contributed by atoms with Gasteiger partial charge in [-0.25, -0.2) is 14.6 Å². The van der Waals surface area contributed by atoms with Crippen LogP contribution >= 0.6 is 15.9 Å². The molecule has 15 nitrogen and oxygen atoms in total. The molecule has 1 aliphatic rings. The van der Waals surface area contributed by atoms with Crippen LogP contribution in [0.25, 0.3) is 11.0 Å². The topological polar surface area (TPSA) is 184 Å². The predicted octanol–water partition coefficient (Wildman–Crippen LogP) is 1.82. The fraction of sp³-hybridized carbons (Fsp3) is 0.444. The van der Waals surface area contributed by atoms with Gasteiger partial charge in [0.1, 0.15) is 5.52 Å². The third-order valence-corrected chi connectivity index (χ3v) is 6.54. The van der Waals surface area contributed by atoms with E-state index < -0.39 is 60.1 Å². The molecule has 2 amide bonds. The minimum Gasteiger partial charge on any atom is -0.451 e. The maximum Gasteiger partial charge on any atom is 0.347 e. The van der Waals surface area contributed by atoms with Crippen molar-refractivity contribution < 1.29 is 47.7 Å². The van der Waals surface area contributed by atoms with Crippen molar-refractivity contribution in [3.8, 4) is 0 Å². The molecule has 0 aliphatic carbocycles. The monoisotopic (exact) mass is 663 g/mol. The second kappa shape index (κ2) is 14.1. The zero-order chi connectivity index (χ0) is 32.0. The fourth-order valence-electron chi connectivity index (χ4n) is 3.96. The quantitative estimate of drug-likeness (QED) is 0.280. The Morgan fingerprint density at radius 3 is 1.67 bits per heavy atom. The van der Waals surface area contributed by atoms with E-state index in [1.54, 1.807) is 12.1 Å². The highest BCUT2D eigenvalue weighted by Crippen LogP contribution is 2.28. The number of hydrogen-bond acceptors (Lipinski definition) is 13. The number of hydrogen-bond donors (Lipinski definition) is 0. The van der Waals surface area contributed by atoms with E-state index in [2.05, 4.69) is 30.9 Å². The lowest BCUT2D eigenvalue weighted by molar-refractivity contribution is -0.171. The van der Waals surface area contributed by atoms with Crippen molar-refractivity contribution in [3.05, 3.63) is 29.0 Å². The Bertz CT molecular complexity index is 1420. The summed E-state index contributed by atoms with van der Waals surface area (Å²) < 4.78 is 20.6. The maximum atomic E-state index is 13.5. The van der Waals surface area contributed by atoms with Gasteiger partial charge >= 0.3 is 23.9 Å². The third kappa shape index (κ3) is 8.30. The third-order valence-electron chi connectivity index (χ3n) is 5.93. The van der Waals surface area contributed by atoms with Crippen LogP contribution in [0.15, 0.2) is 34.0 Å². The molecule has 1 aromatic heterocycles. The molecule has 1 aromatic carbocycles. The van der Waals surface area contributed by atoms with Crippen LogP contribution < -0.4 is 0 Å². The summed E-state index contributed by atoms with van der Waals surface area (Å²) in [6, 6.07) is 3.21. The molecule has 0 radical (unpaired) electrons. The molecular weight excluding hydrogens is 634 g/mol. The standard InChI is InChI=1S/C27H30BrN5O10/c1-13(42-25(38)15(3)40-17(5)34)23(36)32-9-10-33(24(37)14(2)43-26(39)16(4)41-18(6)35)27(32)31-19-11-20(28)22-21(12-19)29-7-8-30-22/h7-8,11-16H,9-10H2,1-6H3. The molecule has 43 heavy (non-hydrogen) atoms. The van der Waals surface area contributed by atoms with Crippen molar-refractivity contribution in [1.29, 1.82) is 0 Å². The number of nitrogens with zero attached hydrogens (tertiary/aromatic N) is 5. The van der Waals surface area contributed by atoms with E-state index in [4.69, 9.17) is 18.9 Å². The Labute approximate surface area is 254 Å². The summed E-state index contributed by atoms with van der Waals surface area (Å²) in [6.07, 6.45) is -2.18. The summed E-state index contributed by atoms with van der Waals surface area (Å²) in [5.41, 5.74) is 1.34. The smallest absolute Gasteiger partial charge is 0.347 e. The van der Waals surface area contributed by atoms with Crippen LogP contribution in [0.3, 0.4) is 0 Å². The molecule has 2 heterocycles. The molecule has 16 heteroatoms. The van der Waals surface area contributed by atoms with E-state index in [1.807, 2.05) is 0 Å². The number of carbonyl (C=O) groups excluding carboxylic acids is 6. The lowest BCUT2D eigenvalue weighted by Crippen LogP contribution is -2.48. The first-order chi connectivity index (χ1) is 20.2. The van der Waals surface area contributed by atoms with Gasteiger partial charge in [-0.3, -0.25) is 38.9 Å². The number of carbonyl (C=O) groups is 6. The van der Waals surface area contributed by atoms with Crippen molar-refractivity contribution in [2.75, 3.05) is 13.1 Å². The summed E-state index contributed by atoms with van der Waals surface area (Å²) in [4.78, 5) is 89.4. The molecule has 0 saturated carbocycles. The van der Waals surface area contributed by atoms with Crippen LogP contribution in [-0.4, -0.2) is 98.9 Å². The number of rotatable bonds is 9.